The minimum absolute atomic E-state index is 0.0162. The molecule has 0 radical (unpaired) electrons. The van der Waals surface area contributed by atoms with Crippen LogP contribution in [0.2, 0.25) is 5.02 Å². The van der Waals surface area contributed by atoms with Crippen molar-refractivity contribution in [3.63, 3.8) is 0 Å². The second-order valence-corrected chi connectivity index (χ2v) is 7.26. The summed E-state index contributed by atoms with van der Waals surface area (Å²) in [6.45, 7) is 1.93. The van der Waals surface area contributed by atoms with E-state index in [0.717, 1.165) is 29.4 Å². The summed E-state index contributed by atoms with van der Waals surface area (Å²) in [4.78, 5) is 14.5. The number of likely N-dealkylation sites (tertiary alicyclic amines) is 1. The van der Waals surface area contributed by atoms with E-state index in [1.165, 1.54) is 0 Å². The number of rotatable bonds is 4. The second-order valence-electron chi connectivity index (χ2n) is 5.93. The van der Waals surface area contributed by atoms with E-state index in [2.05, 4.69) is 15.9 Å². The third-order valence-corrected chi connectivity index (χ3v) is 5.03. The highest BCUT2D eigenvalue weighted by Crippen LogP contribution is 2.21. The lowest BCUT2D eigenvalue weighted by Crippen LogP contribution is -2.43. The number of halogens is 2. The molecule has 5 heteroatoms. The number of ether oxygens (including phenoxy) is 1. The molecule has 1 saturated heterocycles. The highest BCUT2D eigenvalue weighted by Gasteiger charge is 2.26. The minimum Gasteiger partial charge on any atom is -0.372 e. The number of carbonyl (C=O) groups excluding carboxylic acids is 1. The summed E-state index contributed by atoms with van der Waals surface area (Å²) >= 11 is 9.58. The first kappa shape index (κ1) is 17.5. The van der Waals surface area contributed by atoms with Gasteiger partial charge in [-0.3, -0.25) is 4.79 Å². The van der Waals surface area contributed by atoms with Crippen molar-refractivity contribution >= 4 is 33.4 Å². The molecule has 0 spiro atoms. The van der Waals surface area contributed by atoms with Gasteiger partial charge in [-0.1, -0.05) is 51.8 Å². The maximum Gasteiger partial charge on any atom is 0.255 e. The first-order valence-corrected chi connectivity index (χ1v) is 9.20. The summed E-state index contributed by atoms with van der Waals surface area (Å²) in [5.41, 5.74) is 1.69. The molecule has 2 aromatic rings. The molecule has 0 bridgehead atoms. The monoisotopic (exact) mass is 407 g/mol. The molecule has 24 heavy (non-hydrogen) atoms. The van der Waals surface area contributed by atoms with Crippen molar-refractivity contribution in [2.45, 2.75) is 25.6 Å². The second kappa shape index (κ2) is 8.15. The van der Waals surface area contributed by atoms with Crippen LogP contribution < -0.4 is 0 Å². The van der Waals surface area contributed by atoms with E-state index in [1.807, 2.05) is 41.3 Å². The Labute approximate surface area is 155 Å². The third kappa shape index (κ3) is 4.38. The number of carbonyl (C=O) groups is 1. The fraction of sp³-hybridized carbons (Fsp3) is 0.316. The first-order valence-electron chi connectivity index (χ1n) is 8.03. The van der Waals surface area contributed by atoms with Gasteiger partial charge in [0.2, 0.25) is 0 Å². The van der Waals surface area contributed by atoms with Crippen molar-refractivity contribution in [3.05, 3.63) is 69.2 Å². The fourth-order valence-electron chi connectivity index (χ4n) is 2.86. The van der Waals surface area contributed by atoms with Crippen molar-refractivity contribution in [2.75, 3.05) is 13.1 Å². The number of hydrogen-bond donors (Lipinski definition) is 0. The standard InChI is InChI=1S/C19H19BrClNO2/c20-15-9-7-14(8-10-15)13-24-16-4-3-11-22(12-16)19(23)17-5-1-2-6-18(17)21/h1-2,5-10,16H,3-4,11-13H2. The van der Waals surface area contributed by atoms with E-state index in [-0.39, 0.29) is 12.0 Å². The topological polar surface area (TPSA) is 29.5 Å². The van der Waals surface area contributed by atoms with E-state index in [9.17, 15) is 4.79 Å². The van der Waals surface area contributed by atoms with Crippen molar-refractivity contribution in [2.24, 2.45) is 0 Å². The Kier molecular flexibility index (Phi) is 5.93. The molecule has 0 N–H and O–H groups in total. The molecule has 1 aliphatic rings. The van der Waals surface area contributed by atoms with Gasteiger partial charge in [0.05, 0.1) is 23.3 Å². The van der Waals surface area contributed by atoms with Crippen LogP contribution in [-0.2, 0) is 11.3 Å². The van der Waals surface area contributed by atoms with E-state index in [1.54, 1.807) is 12.1 Å². The third-order valence-electron chi connectivity index (χ3n) is 4.17. The molecule has 1 aliphatic heterocycles. The molecule has 2 aromatic carbocycles. The fourth-order valence-corrected chi connectivity index (χ4v) is 3.34. The lowest BCUT2D eigenvalue weighted by atomic mass is 10.1. The number of amides is 1. The van der Waals surface area contributed by atoms with E-state index < -0.39 is 0 Å². The van der Waals surface area contributed by atoms with Crippen LogP contribution in [-0.4, -0.2) is 30.0 Å². The van der Waals surface area contributed by atoms with E-state index >= 15 is 0 Å². The zero-order valence-electron chi connectivity index (χ0n) is 13.3. The van der Waals surface area contributed by atoms with Gasteiger partial charge in [-0.15, -0.1) is 0 Å². The Hall–Kier alpha value is -1.36. The molecule has 0 saturated carbocycles. The molecule has 3 nitrogen and oxygen atoms in total. The van der Waals surface area contributed by atoms with Crippen LogP contribution in [0.25, 0.3) is 0 Å². The molecular weight excluding hydrogens is 390 g/mol. The zero-order chi connectivity index (χ0) is 16.9. The Balaban J connectivity index is 1.59. The normalized spacial score (nSPS) is 17.8. The zero-order valence-corrected chi connectivity index (χ0v) is 15.6. The predicted molar refractivity (Wildman–Crippen MR) is 99.3 cm³/mol. The molecule has 0 aliphatic carbocycles. The van der Waals surface area contributed by atoms with E-state index in [4.69, 9.17) is 16.3 Å². The quantitative estimate of drug-likeness (QED) is 0.718. The molecule has 0 aromatic heterocycles. The number of benzene rings is 2. The maximum absolute atomic E-state index is 12.7. The SMILES string of the molecule is O=C(c1ccccc1Cl)N1CCCC(OCc2ccc(Br)cc2)C1. The van der Waals surface area contributed by atoms with Gasteiger partial charge in [-0.05, 0) is 42.7 Å². The van der Waals surface area contributed by atoms with Crippen molar-refractivity contribution in [3.8, 4) is 0 Å². The van der Waals surface area contributed by atoms with Gasteiger partial charge in [0.15, 0.2) is 0 Å². The van der Waals surface area contributed by atoms with Crippen LogP contribution in [0, 0.1) is 0 Å². The van der Waals surface area contributed by atoms with Crippen molar-refractivity contribution in [1.29, 1.82) is 0 Å². The van der Waals surface area contributed by atoms with Gasteiger partial charge in [0.25, 0.3) is 5.91 Å². The molecule has 1 heterocycles. The maximum atomic E-state index is 12.7. The molecule has 1 amide bonds. The summed E-state index contributed by atoms with van der Waals surface area (Å²) in [5.74, 6) is -0.0162. The van der Waals surface area contributed by atoms with Gasteiger partial charge < -0.3 is 9.64 Å². The Bertz CT molecular complexity index is 705. The molecule has 1 atom stereocenters. The highest BCUT2D eigenvalue weighted by atomic mass is 79.9. The van der Waals surface area contributed by atoms with Gasteiger partial charge in [-0.25, -0.2) is 0 Å². The Morgan fingerprint density at radius 1 is 1.21 bits per heavy atom. The summed E-state index contributed by atoms with van der Waals surface area (Å²) < 4.78 is 7.07. The van der Waals surface area contributed by atoms with Gasteiger partial charge in [0, 0.05) is 17.6 Å². The summed E-state index contributed by atoms with van der Waals surface area (Å²) in [7, 11) is 0. The number of nitrogens with zero attached hydrogens (tertiary/aromatic N) is 1. The lowest BCUT2D eigenvalue weighted by Gasteiger charge is -2.33. The highest BCUT2D eigenvalue weighted by molar-refractivity contribution is 9.10. The predicted octanol–water partition coefficient (Wildman–Crippen LogP) is 4.92. The molecule has 126 valence electrons. The number of hydrogen-bond acceptors (Lipinski definition) is 2. The molecule has 1 unspecified atom stereocenters. The Morgan fingerprint density at radius 2 is 1.96 bits per heavy atom. The molecular formula is C19H19BrClNO2. The lowest BCUT2D eigenvalue weighted by molar-refractivity contribution is -0.00672. The van der Waals surface area contributed by atoms with Gasteiger partial charge in [0.1, 0.15) is 0 Å². The average Bonchev–Trinajstić information content (AvgIpc) is 2.61. The minimum atomic E-state index is -0.0162. The van der Waals surface area contributed by atoms with Crippen LogP contribution in [0.4, 0.5) is 0 Å². The van der Waals surface area contributed by atoms with Crippen LogP contribution in [0.1, 0.15) is 28.8 Å². The summed E-state index contributed by atoms with van der Waals surface area (Å²) in [6, 6.07) is 15.3. The van der Waals surface area contributed by atoms with Crippen LogP contribution in [0.3, 0.4) is 0 Å². The van der Waals surface area contributed by atoms with Crippen molar-refractivity contribution < 1.29 is 9.53 Å². The van der Waals surface area contributed by atoms with Crippen LogP contribution in [0.15, 0.2) is 53.0 Å². The Morgan fingerprint density at radius 3 is 2.71 bits per heavy atom. The average molecular weight is 409 g/mol. The molecule has 1 fully saturated rings. The van der Waals surface area contributed by atoms with Crippen molar-refractivity contribution in [1.82, 2.24) is 4.90 Å². The smallest absolute Gasteiger partial charge is 0.255 e. The summed E-state index contributed by atoms with van der Waals surface area (Å²) in [6.07, 6.45) is 1.98. The summed E-state index contributed by atoms with van der Waals surface area (Å²) in [5, 5.41) is 0.500. The van der Waals surface area contributed by atoms with Crippen LogP contribution in [0.5, 0.6) is 0 Å². The van der Waals surface area contributed by atoms with Gasteiger partial charge >= 0.3 is 0 Å². The number of piperidine rings is 1. The van der Waals surface area contributed by atoms with E-state index in [0.29, 0.717) is 23.7 Å². The van der Waals surface area contributed by atoms with Gasteiger partial charge in [-0.2, -0.15) is 0 Å². The largest absolute Gasteiger partial charge is 0.372 e. The first-order chi connectivity index (χ1) is 11.6. The molecule has 3 rings (SSSR count). The van der Waals surface area contributed by atoms with Crippen LogP contribution >= 0.6 is 27.5 Å².